The summed E-state index contributed by atoms with van der Waals surface area (Å²) in [4.78, 5) is 11.2. The maximum atomic E-state index is 11.2. The van der Waals surface area contributed by atoms with Gasteiger partial charge in [0.05, 0.1) is 0 Å². The summed E-state index contributed by atoms with van der Waals surface area (Å²) >= 11 is 0. The zero-order valence-electron chi connectivity index (χ0n) is 9.74. The van der Waals surface area contributed by atoms with Gasteiger partial charge in [-0.3, -0.25) is 4.79 Å². The Kier molecular flexibility index (Phi) is 5.34. The zero-order valence-corrected chi connectivity index (χ0v) is 9.74. The predicted molar refractivity (Wildman–Crippen MR) is 65.3 cm³/mol. The zero-order chi connectivity index (χ0) is 11.8. The van der Waals surface area contributed by atoms with Crippen LogP contribution in [0.1, 0.15) is 24.0 Å². The highest BCUT2D eigenvalue weighted by molar-refractivity contribution is 5.69. The predicted octanol–water partition coefficient (Wildman–Crippen LogP) is 3.05. The van der Waals surface area contributed by atoms with Crippen molar-refractivity contribution >= 4 is 5.97 Å². The molecule has 0 amide bonds. The Labute approximate surface area is 96.9 Å². The molecule has 0 heterocycles. The fraction of sp³-hybridized carbons (Fsp3) is 0.357. The number of benzene rings is 1. The van der Waals surface area contributed by atoms with Gasteiger partial charge in [0.15, 0.2) is 0 Å². The number of aryl methyl sites for hydroxylation is 2. The lowest BCUT2D eigenvalue weighted by Crippen LogP contribution is -2.04. The molecule has 2 heteroatoms. The molecule has 1 rings (SSSR count). The van der Waals surface area contributed by atoms with Crippen LogP contribution >= 0.6 is 0 Å². The van der Waals surface area contributed by atoms with Crippen molar-refractivity contribution < 1.29 is 9.53 Å². The molecule has 0 spiro atoms. The van der Waals surface area contributed by atoms with Crippen LogP contribution in [0.2, 0.25) is 0 Å². The molecule has 0 bridgehead atoms. The van der Waals surface area contributed by atoms with E-state index in [0.717, 1.165) is 12.8 Å². The number of esters is 1. The van der Waals surface area contributed by atoms with E-state index >= 15 is 0 Å². The Morgan fingerprint density at radius 3 is 2.69 bits per heavy atom. The summed E-state index contributed by atoms with van der Waals surface area (Å²) in [6.45, 7) is 5.87. The van der Waals surface area contributed by atoms with E-state index in [9.17, 15) is 4.79 Å². The summed E-state index contributed by atoms with van der Waals surface area (Å²) in [6.07, 6.45) is 3.81. The van der Waals surface area contributed by atoms with E-state index in [-0.39, 0.29) is 5.97 Å². The van der Waals surface area contributed by atoms with Crippen LogP contribution < -0.4 is 0 Å². The molecule has 0 radical (unpaired) electrons. The molecule has 2 nitrogen and oxygen atoms in total. The van der Waals surface area contributed by atoms with Crippen LogP contribution in [-0.2, 0) is 16.0 Å². The van der Waals surface area contributed by atoms with Crippen LogP contribution in [0.4, 0.5) is 0 Å². The van der Waals surface area contributed by atoms with E-state index in [1.807, 2.05) is 0 Å². The van der Waals surface area contributed by atoms with E-state index in [1.54, 1.807) is 6.08 Å². The third kappa shape index (κ3) is 4.78. The lowest BCUT2D eigenvalue weighted by molar-refractivity contribution is -0.142. The van der Waals surface area contributed by atoms with Crippen molar-refractivity contribution in [2.45, 2.75) is 26.2 Å². The van der Waals surface area contributed by atoms with Crippen LogP contribution in [0.5, 0.6) is 0 Å². The highest BCUT2D eigenvalue weighted by atomic mass is 16.5. The van der Waals surface area contributed by atoms with E-state index in [0.29, 0.717) is 13.0 Å². The van der Waals surface area contributed by atoms with Gasteiger partial charge in [0.25, 0.3) is 0 Å². The molecule has 1 aromatic carbocycles. The summed E-state index contributed by atoms with van der Waals surface area (Å²) in [5.74, 6) is -0.146. The average Bonchev–Trinajstić information content (AvgIpc) is 2.29. The molecule has 0 unspecified atom stereocenters. The second kappa shape index (κ2) is 6.83. The van der Waals surface area contributed by atoms with Gasteiger partial charge in [0.1, 0.15) is 6.61 Å². The minimum atomic E-state index is -0.146. The number of hydrogen-bond donors (Lipinski definition) is 0. The molecule has 0 aliphatic heterocycles. The average molecular weight is 218 g/mol. The molecule has 86 valence electrons. The Morgan fingerprint density at radius 1 is 1.38 bits per heavy atom. The topological polar surface area (TPSA) is 26.3 Å². The molecular formula is C14H18O2. The van der Waals surface area contributed by atoms with E-state index < -0.39 is 0 Å². The molecule has 0 aliphatic rings. The SMILES string of the molecule is C=CCOC(=O)CCCc1ccc(C)cc1. The first-order valence-electron chi connectivity index (χ1n) is 5.54. The van der Waals surface area contributed by atoms with Gasteiger partial charge in [-0.1, -0.05) is 42.5 Å². The van der Waals surface area contributed by atoms with Gasteiger partial charge in [0.2, 0.25) is 0 Å². The van der Waals surface area contributed by atoms with Gasteiger partial charge in [-0.15, -0.1) is 0 Å². The lowest BCUT2D eigenvalue weighted by Gasteiger charge is -2.02. The van der Waals surface area contributed by atoms with Crippen molar-refractivity contribution in [3.8, 4) is 0 Å². The first-order chi connectivity index (χ1) is 7.72. The Balaban J connectivity index is 2.22. The molecule has 1 aromatic rings. The van der Waals surface area contributed by atoms with Crippen molar-refractivity contribution in [3.05, 3.63) is 48.0 Å². The molecule has 0 saturated heterocycles. The second-order valence-electron chi connectivity index (χ2n) is 3.81. The summed E-state index contributed by atoms with van der Waals surface area (Å²) in [7, 11) is 0. The van der Waals surface area contributed by atoms with E-state index in [4.69, 9.17) is 4.74 Å². The lowest BCUT2D eigenvalue weighted by atomic mass is 10.1. The summed E-state index contributed by atoms with van der Waals surface area (Å²) < 4.78 is 4.89. The summed E-state index contributed by atoms with van der Waals surface area (Å²) in [5, 5.41) is 0. The van der Waals surface area contributed by atoms with Gasteiger partial charge in [-0.25, -0.2) is 0 Å². The van der Waals surface area contributed by atoms with Gasteiger partial charge in [0, 0.05) is 6.42 Å². The van der Waals surface area contributed by atoms with Crippen LogP contribution in [0, 0.1) is 6.92 Å². The number of carbonyl (C=O) groups is 1. The van der Waals surface area contributed by atoms with E-state index in [2.05, 4.69) is 37.8 Å². The largest absolute Gasteiger partial charge is 0.461 e. The van der Waals surface area contributed by atoms with Crippen LogP contribution in [-0.4, -0.2) is 12.6 Å². The quantitative estimate of drug-likeness (QED) is 0.542. The van der Waals surface area contributed by atoms with Crippen LogP contribution in [0.25, 0.3) is 0 Å². The monoisotopic (exact) mass is 218 g/mol. The van der Waals surface area contributed by atoms with Crippen LogP contribution in [0.15, 0.2) is 36.9 Å². The molecule has 0 aliphatic carbocycles. The molecule has 0 saturated carbocycles. The minimum absolute atomic E-state index is 0.146. The molecule has 0 aromatic heterocycles. The highest BCUT2D eigenvalue weighted by Gasteiger charge is 2.01. The standard InChI is InChI=1S/C14H18O2/c1-3-11-16-14(15)6-4-5-13-9-7-12(2)8-10-13/h3,7-10H,1,4-6,11H2,2H3. The minimum Gasteiger partial charge on any atom is -0.461 e. The van der Waals surface area contributed by atoms with Gasteiger partial charge in [-0.05, 0) is 25.3 Å². The number of ether oxygens (including phenoxy) is 1. The normalized spacial score (nSPS) is 9.81. The third-order valence-corrected chi connectivity index (χ3v) is 2.33. The van der Waals surface area contributed by atoms with Crippen molar-refractivity contribution in [2.75, 3.05) is 6.61 Å². The van der Waals surface area contributed by atoms with Gasteiger partial charge < -0.3 is 4.74 Å². The fourth-order valence-corrected chi connectivity index (χ4v) is 1.42. The summed E-state index contributed by atoms with van der Waals surface area (Å²) in [5.41, 5.74) is 2.52. The first kappa shape index (κ1) is 12.5. The van der Waals surface area contributed by atoms with Gasteiger partial charge in [-0.2, -0.15) is 0 Å². The molecule has 0 fully saturated rings. The maximum absolute atomic E-state index is 11.2. The van der Waals surface area contributed by atoms with Crippen LogP contribution in [0.3, 0.4) is 0 Å². The number of rotatable bonds is 6. The molecule has 16 heavy (non-hydrogen) atoms. The van der Waals surface area contributed by atoms with Crippen molar-refractivity contribution in [3.63, 3.8) is 0 Å². The Morgan fingerprint density at radius 2 is 2.06 bits per heavy atom. The molecule has 0 N–H and O–H groups in total. The van der Waals surface area contributed by atoms with Gasteiger partial charge >= 0.3 is 5.97 Å². The van der Waals surface area contributed by atoms with Crippen molar-refractivity contribution in [2.24, 2.45) is 0 Å². The van der Waals surface area contributed by atoms with Crippen molar-refractivity contribution in [1.29, 1.82) is 0 Å². The summed E-state index contributed by atoms with van der Waals surface area (Å²) in [6, 6.07) is 8.38. The maximum Gasteiger partial charge on any atom is 0.306 e. The number of hydrogen-bond acceptors (Lipinski definition) is 2. The molecule has 0 atom stereocenters. The first-order valence-corrected chi connectivity index (χ1v) is 5.54. The van der Waals surface area contributed by atoms with Crippen molar-refractivity contribution in [1.82, 2.24) is 0 Å². The highest BCUT2D eigenvalue weighted by Crippen LogP contribution is 2.07. The van der Waals surface area contributed by atoms with E-state index in [1.165, 1.54) is 11.1 Å². The number of carbonyl (C=O) groups excluding carboxylic acids is 1. The third-order valence-electron chi connectivity index (χ3n) is 2.33. The Hall–Kier alpha value is -1.57. The molecular weight excluding hydrogens is 200 g/mol. The fourth-order valence-electron chi connectivity index (χ4n) is 1.42. The Bertz CT molecular complexity index is 338. The second-order valence-corrected chi connectivity index (χ2v) is 3.81. The smallest absolute Gasteiger partial charge is 0.306 e.